The summed E-state index contributed by atoms with van der Waals surface area (Å²) >= 11 is 10.4. The van der Waals surface area contributed by atoms with Crippen LogP contribution in [-0.2, 0) is 4.79 Å². The van der Waals surface area contributed by atoms with E-state index in [4.69, 9.17) is 16.0 Å². The molecule has 0 radical (unpaired) electrons. The highest BCUT2D eigenvalue weighted by molar-refractivity contribution is 9.10. The van der Waals surface area contributed by atoms with Crippen molar-refractivity contribution in [2.45, 2.75) is 17.1 Å². The summed E-state index contributed by atoms with van der Waals surface area (Å²) in [5, 5.41) is 4.26. The van der Waals surface area contributed by atoms with E-state index in [2.05, 4.69) is 26.5 Å². The van der Waals surface area contributed by atoms with Crippen molar-refractivity contribution in [3.8, 4) is 0 Å². The molecule has 1 atom stereocenters. The van der Waals surface area contributed by atoms with Crippen molar-refractivity contribution in [3.63, 3.8) is 0 Å². The van der Waals surface area contributed by atoms with Gasteiger partial charge >= 0.3 is 0 Å². The van der Waals surface area contributed by atoms with Gasteiger partial charge in [0, 0.05) is 9.92 Å². The Morgan fingerprint density at radius 1 is 1.38 bits per heavy atom. The molecule has 1 heterocycles. The second-order valence-electron chi connectivity index (χ2n) is 4.09. The molecule has 1 aromatic carbocycles. The van der Waals surface area contributed by atoms with Crippen LogP contribution in [0, 0.1) is 0 Å². The third kappa shape index (κ3) is 5.22. The fourth-order valence-electron chi connectivity index (χ4n) is 1.42. The Labute approximate surface area is 140 Å². The Morgan fingerprint density at radius 2 is 2.10 bits per heavy atom. The number of furan rings is 1. The van der Waals surface area contributed by atoms with Crippen LogP contribution < -0.4 is 5.43 Å². The van der Waals surface area contributed by atoms with Crippen LogP contribution in [0.4, 0.5) is 0 Å². The average molecular weight is 388 g/mol. The Bertz CT molecular complexity index is 643. The molecule has 0 aliphatic heterocycles. The van der Waals surface area contributed by atoms with Crippen molar-refractivity contribution in [1.82, 2.24) is 5.43 Å². The second-order valence-corrected chi connectivity index (χ2v) is 6.72. The van der Waals surface area contributed by atoms with Crippen LogP contribution in [0.2, 0.25) is 5.02 Å². The minimum absolute atomic E-state index is 0.183. The predicted octanol–water partition coefficient (Wildman–Crippen LogP) is 4.33. The van der Waals surface area contributed by atoms with Crippen LogP contribution in [0.3, 0.4) is 0 Å². The maximum atomic E-state index is 11.9. The number of rotatable bonds is 5. The number of benzene rings is 1. The highest BCUT2D eigenvalue weighted by Crippen LogP contribution is 2.24. The van der Waals surface area contributed by atoms with Gasteiger partial charge in [0.2, 0.25) is 0 Å². The number of nitrogens with one attached hydrogen (secondary N) is 1. The van der Waals surface area contributed by atoms with Gasteiger partial charge in [0.1, 0.15) is 5.76 Å². The Hall–Kier alpha value is -1.24. The number of carbonyl (C=O) groups is 1. The maximum absolute atomic E-state index is 11.9. The molecule has 1 N–H and O–H groups in total. The van der Waals surface area contributed by atoms with E-state index in [0.29, 0.717) is 15.5 Å². The minimum atomic E-state index is -0.272. The van der Waals surface area contributed by atoms with Gasteiger partial charge in [-0.15, -0.1) is 11.8 Å². The Morgan fingerprint density at radius 3 is 2.71 bits per heavy atom. The first kappa shape index (κ1) is 16.1. The minimum Gasteiger partial charge on any atom is -0.448 e. The number of halogens is 2. The lowest BCUT2D eigenvalue weighted by Gasteiger charge is -2.09. The molecule has 1 amide bonds. The third-order valence-electron chi connectivity index (χ3n) is 2.46. The van der Waals surface area contributed by atoms with Gasteiger partial charge in [-0.3, -0.25) is 4.79 Å². The lowest BCUT2D eigenvalue weighted by Crippen LogP contribution is -2.26. The van der Waals surface area contributed by atoms with Crippen molar-refractivity contribution in [1.29, 1.82) is 0 Å². The Balaban J connectivity index is 1.85. The van der Waals surface area contributed by atoms with E-state index in [1.807, 2.05) is 19.1 Å². The van der Waals surface area contributed by atoms with Crippen LogP contribution in [0.25, 0.3) is 0 Å². The topological polar surface area (TPSA) is 54.6 Å². The van der Waals surface area contributed by atoms with Gasteiger partial charge in [-0.25, -0.2) is 5.43 Å². The number of amides is 1. The van der Waals surface area contributed by atoms with Crippen LogP contribution in [0.1, 0.15) is 12.7 Å². The standard InChI is InChI=1S/C14H12BrClN2O2S/c1-9(21-12-5-2-10(16)3-6-12)14(19)18-17-8-11-4-7-13(15)20-11/h2-9H,1H3,(H,18,19)/b17-8-/t9-/m1/s1. The van der Waals surface area contributed by atoms with E-state index >= 15 is 0 Å². The largest absolute Gasteiger partial charge is 0.448 e. The molecule has 0 saturated carbocycles. The first-order valence-corrected chi connectivity index (χ1v) is 8.10. The van der Waals surface area contributed by atoms with E-state index < -0.39 is 0 Å². The second kappa shape index (κ2) is 7.68. The molecule has 2 aromatic rings. The first-order chi connectivity index (χ1) is 10.0. The zero-order valence-electron chi connectivity index (χ0n) is 11.0. The molecule has 7 heteroatoms. The van der Waals surface area contributed by atoms with Crippen LogP contribution in [0.5, 0.6) is 0 Å². The first-order valence-electron chi connectivity index (χ1n) is 6.05. The molecule has 110 valence electrons. The van der Waals surface area contributed by atoms with Gasteiger partial charge in [-0.2, -0.15) is 5.10 Å². The van der Waals surface area contributed by atoms with Gasteiger partial charge in [0.05, 0.1) is 11.5 Å². The number of nitrogens with zero attached hydrogens (tertiary/aromatic N) is 1. The molecular weight excluding hydrogens is 376 g/mol. The molecular formula is C14H12BrClN2O2S. The Kier molecular flexibility index (Phi) is 5.90. The number of thioether (sulfide) groups is 1. The molecule has 2 rings (SSSR count). The smallest absolute Gasteiger partial charge is 0.253 e. The van der Waals surface area contributed by atoms with E-state index in [1.54, 1.807) is 24.3 Å². The van der Waals surface area contributed by atoms with Gasteiger partial charge in [-0.1, -0.05) is 11.6 Å². The summed E-state index contributed by atoms with van der Waals surface area (Å²) < 4.78 is 5.84. The number of hydrogen-bond acceptors (Lipinski definition) is 4. The monoisotopic (exact) mass is 386 g/mol. The molecule has 1 aromatic heterocycles. The third-order valence-corrected chi connectivity index (χ3v) is 4.25. The number of carbonyl (C=O) groups excluding carboxylic acids is 1. The lowest BCUT2D eigenvalue weighted by molar-refractivity contribution is -0.120. The summed E-state index contributed by atoms with van der Waals surface area (Å²) in [4.78, 5) is 12.9. The zero-order valence-corrected chi connectivity index (χ0v) is 14.2. The highest BCUT2D eigenvalue weighted by atomic mass is 79.9. The fourth-order valence-corrected chi connectivity index (χ4v) is 2.73. The van der Waals surface area contributed by atoms with E-state index in [1.165, 1.54) is 18.0 Å². The summed E-state index contributed by atoms with van der Waals surface area (Å²) in [6, 6.07) is 10.8. The quantitative estimate of drug-likeness (QED) is 0.472. The summed E-state index contributed by atoms with van der Waals surface area (Å²) in [7, 11) is 0. The molecule has 0 bridgehead atoms. The number of hydrazone groups is 1. The van der Waals surface area contributed by atoms with Gasteiger partial charge in [0.15, 0.2) is 4.67 Å². The van der Waals surface area contributed by atoms with Crippen molar-refractivity contribution in [2.24, 2.45) is 5.10 Å². The lowest BCUT2D eigenvalue weighted by atomic mass is 10.4. The molecule has 0 aliphatic rings. The molecule has 0 saturated heterocycles. The van der Waals surface area contributed by atoms with Crippen molar-refractivity contribution in [2.75, 3.05) is 0 Å². The summed E-state index contributed by atoms with van der Waals surface area (Å²) in [6.45, 7) is 1.81. The van der Waals surface area contributed by atoms with E-state index in [0.717, 1.165) is 4.90 Å². The van der Waals surface area contributed by atoms with Crippen LogP contribution in [0.15, 0.2) is 55.5 Å². The van der Waals surface area contributed by atoms with Crippen molar-refractivity contribution in [3.05, 3.63) is 51.9 Å². The molecule has 4 nitrogen and oxygen atoms in total. The molecule has 0 fully saturated rings. The average Bonchev–Trinajstić information content (AvgIpc) is 2.87. The van der Waals surface area contributed by atoms with E-state index in [9.17, 15) is 4.79 Å². The van der Waals surface area contributed by atoms with Gasteiger partial charge in [0.25, 0.3) is 5.91 Å². The predicted molar refractivity (Wildman–Crippen MR) is 88.9 cm³/mol. The maximum Gasteiger partial charge on any atom is 0.253 e. The van der Waals surface area contributed by atoms with Gasteiger partial charge in [-0.05, 0) is 59.3 Å². The van der Waals surface area contributed by atoms with Crippen molar-refractivity contribution < 1.29 is 9.21 Å². The van der Waals surface area contributed by atoms with Crippen LogP contribution in [-0.4, -0.2) is 17.4 Å². The molecule has 0 aliphatic carbocycles. The van der Waals surface area contributed by atoms with Gasteiger partial charge < -0.3 is 4.42 Å². The molecule has 0 spiro atoms. The van der Waals surface area contributed by atoms with E-state index in [-0.39, 0.29) is 11.2 Å². The SMILES string of the molecule is C[C@@H](Sc1ccc(Cl)cc1)C(=O)N/N=C\c1ccc(Br)o1. The molecule has 21 heavy (non-hydrogen) atoms. The molecule has 0 unspecified atom stereocenters. The summed E-state index contributed by atoms with van der Waals surface area (Å²) in [5.41, 5.74) is 2.48. The summed E-state index contributed by atoms with van der Waals surface area (Å²) in [6.07, 6.45) is 1.45. The zero-order chi connectivity index (χ0) is 15.2. The normalized spacial score (nSPS) is 12.5. The highest BCUT2D eigenvalue weighted by Gasteiger charge is 2.13. The van der Waals surface area contributed by atoms with Crippen LogP contribution >= 0.6 is 39.3 Å². The fraction of sp³-hybridized carbons (Fsp3) is 0.143. The van der Waals surface area contributed by atoms with Crippen molar-refractivity contribution >= 4 is 51.4 Å². The summed E-state index contributed by atoms with van der Waals surface area (Å²) in [5.74, 6) is 0.372. The number of hydrogen-bond donors (Lipinski definition) is 1.